The number of aliphatic hydroxyl groups excluding tert-OH is 1. The Morgan fingerprint density at radius 3 is 2.11 bits per heavy atom. The van der Waals surface area contributed by atoms with E-state index in [1.165, 1.54) is 32.6 Å². The molecule has 0 bridgehead atoms. The van der Waals surface area contributed by atoms with Crippen LogP contribution in [-0.2, 0) is 0 Å². The fourth-order valence-electron chi connectivity index (χ4n) is 2.21. The van der Waals surface area contributed by atoms with Crippen LogP contribution in [0.2, 0.25) is 0 Å². The number of aliphatic hydroxyl groups is 1. The van der Waals surface area contributed by atoms with Crippen LogP contribution in [0, 0.1) is 0 Å². The number of nitrogens with zero attached hydrogens (tertiary/aromatic N) is 2. The van der Waals surface area contributed by atoms with Crippen molar-refractivity contribution in [2.75, 3.05) is 39.8 Å². The van der Waals surface area contributed by atoms with Crippen LogP contribution in [0.15, 0.2) is 0 Å². The molecular formula is C15H34N2O. The molecule has 1 fully saturated rings. The maximum absolute atomic E-state index is 9.73. The lowest BCUT2D eigenvalue weighted by molar-refractivity contribution is 0.125. The first-order chi connectivity index (χ1) is 8.72. The lowest BCUT2D eigenvalue weighted by Gasteiger charge is -2.32. The van der Waals surface area contributed by atoms with E-state index >= 15 is 0 Å². The molecule has 3 nitrogen and oxygen atoms in total. The molecule has 18 heavy (non-hydrogen) atoms. The van der Waals surface area contributed by atoms with E-state index in [0.29, 0.717) is 0 Å². The molecular weight excluding hydrogens is 224 g/mol. The summed E-state index contributed by atoms with van der Waals surface area (Å²) < 4.78 is 0. The van der Waals surface area contributed by atoms with Crippen molar-refractivity contribution in [1.82, 2.24) is 9.80 Å². The zero-order valence-corrected chi connectivity index (χ0v) is 13.0. The van der Waals surface area contributed by atoms with Crippen LogP contribution in [0.3, 0.4) is 0 Å². The van der Waals surface area contributed by atoms with Gasteiger partial charge in [-0.25, -0.2) is 0 Å². The third kappa shape index (κ3) is 8.90. The van der Waals surface area contributed by atoms with Crippen molar-refractivity contribution in [3.63, 3.8) is 0 Å². The van der Waals surface area contributed by atoms with Gasteiger partial charge in [0.25, 0.3) is 0 Å². The fraction of sp³-hybridized carbons (Fsp3) is 1.00. The van der Waals surface area contributed by atoms with Crippen molar-refractivity contribution < 1.29 is 5.11 Å². The SMILES string of the molecule is CC.CCCCC(O)CCCN1CCN(C)CC1. The summed E-state index contributed by atoms with van der Waals surface area (Å²) >= 11 is 0. The van der Waals surface area contributed by atoms with Gasteiger partial charge in [0.2, 0.25) is 0 Å². The second kappa shape index (κ2) is 11.9. The van der Waals surface area contributed by atoms with Crippen molar-refractivity contribution in [1.29, 1.82) is 0 Å². The van der Waals surface area contributed by atoms with Crippen LogP contribution in [0.1, 0.15) is 52.9 Å². The molecule has 0 aromatic heterocycles. The third-order valence-electron chi connectivity index (χ3n) is 3.50. The summed E-state index contributed by atoms with van der Waals surface area (Å²) in [5, 5.41) is 9.73. The second-order valence-corrected chi connectivity index (χ2v) is 5.08. The Morgan fingerprint density at radius 2 is 1.56 bits per heavy atom. The number of unbranched alkanes of at least 4 members (excludes halogenated alkanes) is 1. The molecule has 1 atom stereocenters. The Kier molecular flexibility index (Phi) is 11.9. The van der Waals surface area contributed by atoms with E-state index in [1.807, 2.05) is 13.8 Å². The number of hydrogen-bond acceptors (Lipinski definition) is 3. The molecule has 0 aromatic carbocycles. The average molecular weight is 258 g/mol. The van der Waals surface area contributed by atoms with Gasteiger partial charge in [0.05, 0.1) is 6.10 Å². The molecule has 1 aliphatic rings. The first-order valence-corrected chi connectivity index (χ1v) is 7.81. The minimum Gasteiger partial charge on any atom is -0.393 e. The van der Waals surface area contributed by atoms with E-state index in [-0.39, 0.29) is 6.10 Å². The molecule has 1 saturated heterocycles. The molecule has 0 spiro atoms. The van der Waals surface area contributed by atoms with Gasteiger partial charge in [-0.3, -0.25) is 0 Å². The van der Waals surface area contributed by atoms with Crippen molar-refractivity contribution in [3.05, 3.63) is 0 Å². The quantitative estimate of drug-likeness (QED) is 0.760. The highest BCUT2D eigenvalue weighted by molar-refractivity contribution is 4.69. The predicted octanol–water partition coefficient (Wildman–Crippen LogP) is 2.59. The Labute approximate surface area is 114 Å². The van der Waals surface area contributed by atoms with E-state index in [1.54, 1.807) is 0 Å². The van der Waals surface area contributed by atoms with Gasteiger partial charge in [-0.1, -0.05) is 33.6 Å². The van der Waals surface area contributed by atoms with E-state index in [4.69, 9.17) is 0 Å². The minimum absolute atomic E-state index is 0.0626. The summed E-state index contributed by atoms with van der Waals surface area (Å²) in [5.74, 6) is 0. The van der Waals surface area contributed by atoms with Crippen molar-refractivity contribution in [3.8, 4) is 0 Å². The molecule has 0 amide bonds. The molecule has 1 unspecified atom stereocenters. The van der Waals surface area contributed by atoms with Crippen LogP contribution in [0.25, 0.3) is 0 Å². The second-order valence-electron chi connectivity index (χ2n) is 5.08. The topological polar surface area (TPSA) is 26.7 Å². The first-order valence-electron chi connectivity index (χ1n) is 7.81. The van der Waals surface area contributed by atoms with Gasteiger partial charge in [0.1, 0.15) is 0 Å². The van der Waals surface area contributed by atoms with Gasteiger partial charge in [-0.05, 0) is 32.9 Å². The first kappa shape index (κ1) is 17.9. The molecule has 0 radical (unpaired) electrons. The molecule has 1 rings (SSSR count). The summed E-state index contributed by atoms with van der Waals surface area (Å²) in [5.41, 5.74) is 0. The summed E-state index contributed by atoms with van der Waals surface area (Å²) in [6.07, 6.45) is 5.40. The Balaban J connectivity index is 0.00000137. The molecule has 0 saturated carbocycles. The molecule has 3 heteroatoms. The highest BCUT2D eigenvalue weighted by atomic mass is 16.3. The maximum Gasteiger partial charge on any atom is 0.0540 e. The largest absolute Gasteiger partial charge is 0.393 e. The van der Waals surface area contributed by atoms with E-state index in [2.05, 4.69) is 23.8 Å². The van der Waals surface area contributed by atoms with E-state index in [9.17, 15) is 5.11 Å². The molecule has 1 heterocycles. The van der Waals surface area contributed by atoms with Crippen LogP contribution in [0.4, 0.5) is 0 Å². The Bertz CT molecular complexity index is 168. The molecule has 1 N–H and O–H groups in total. The zero-order chi connectivity index (χ0) is 13.8. The minimum atomic E-state index is -0.0626. The van der Waals surface area contributed by atoms with Gasteiger partial charge in [-0.15, -0.1) is 0 Å². The lowest BCUT2D eigenvalue weighted by atomic mass is 10.1. The Morgan fingerprint density at radius 1 is 1.00 bits per heavy atom. The van der Waals surface area contributed by atoms with Gasteiger partial charge < -0.3 is 14.9 Å². The monoisotopic (exact) mass is 258 g/mol. The summed E-state index contributed by atoms with van der Waals surface area (Å²) in [4.78, 5) is 4.90. The van der Waals surface area contributed by atoms with Crippen LogP contribution >= 0.6 is 0 Å². The number of rotatable bonds is 7. The maximum atomic E-state index is 9.73. The van der Waals surface area contributed by atoms with Crippen molar-refractivity contribution in [2.45, 2.75) is 59.0 Å². The molecule has 0 aromatic rings. The molecule has 110 valence electrons. The van der Waals surface area contributed by atoms with Gasteiger partial charge in [0, 0.05) is 26.2 Å². The highest BCUT2D eigenvalue weighted by Crippen LogP contribution is 2.08. The van der Waals surface area contributed by atoms with Crippen LogP contribution in [0.5, 0.6) is 0 Å². The van der Waals surface area contributed by atoms with Crippen LogP contribution < -0.4 is 0 Å². The zero-order valence-electron chi connectivity index (χ0n) is 13.0. The van der Waals surface area contributed by atoms with Gasteiger partial charge in [0.15, 0.2) is 0 Å². The number of hydrogen-bond donors (Lipinski definition) is 1. The van der Waals surface area contributed by atoms with Crippen molar-refractivity contribution >= 4 is 0 Å². The molecule has 1 aliphatic heterocycles. The summed E-state index contributed by atoms with van der Waals surface area (Å²) in [7, 11) is 2.19. The molecule has 0 aliphatic carbocycles. The number of likely N-dealkylation sites (N-methyl/N-ethyl adjacent to an activating group) is 1. The summed E-state index contributed by atoms with van der Waals surface area (Å²) in [6, 6.07) is 0. The Hall–Kier alpha value is -0.120. The third-order valence-corrected chi connectivity index (χ3v) is 3.50. The van der Waals surface area contributed by atoms with E-state index < -0.39 is 0 Å². The number of piperazine rings is 1. The average Bonchev–Trinajstić information content (AvgIpc) is 2.41. The van der Waals surface area contributed by atoms with Gasteiger partial charge in [-0.2, -0.15) is 0 Å². The summed E-state index contributed by atoms with van der Waals surface area (Å²) in [6.45, 7) is 12.1. The smallest absolute Gasteiger partial charge is 0.0540 e. The standard InChI is InChI=1S/C13H28N2O.C2H6/c1-3-4-6-13(16)7-5-8-15-11-9-14(2)10-12-15;1-2/h13,16H,3-12H2,1-2H3;1-2H3. The van der Waals surface area contributed by atoms with Crippen LogP contribution in [-0.4, -0.2) is 60.8 Å². The fourth-order valence-corrected chi connectivity index (χ4v) is 2.21. The predicted molar refractivity (Wildman–Crippen MR) is 80.1 cm³/mol. The normalized spacial score (nSPS) is 19.2. The van der Waals surface area contributed by atoms with E-state index in [0.717, 1.165) is 32.2 Å². The highest BCUT2D eigenvalue weighted by Gasteiger charge is 2.13. The van der Waals surface area contributed by atoms with Gasteiger partial charge >= 0.3 is 0 Å². The lowest BCUT2D eigenvalue weighted by Crippen LogP contribution is -2.44. The van der Waals surface area contributed by atoms with Crippen molar-refractivity contribution in [2.24, 2.45) is 0 Å².